The van der Waals surface area contributed by atoms with E-state index in [1.54, 1.807) is 4.90 Å². The molecule has 2 aromatic rings. The standard InChI is InChI=1S/C24H30N2O4/c1-24(2)26(23(28)29-16-18-11-7-4-8-12-18)21(13-17-9-5-3-6-10-17)22(30-24)20-14-19(27)15-25-20/h3-12,19-22,25,27H,13-16H2,1-2H3/t19-,20-,21+,22-/m1/s1. The van der Waals surface area contributed by atoms with E-state index in [1.807, 2.05) is 62.4 Å². The van der Waals surface area contributed by atoms with E-state index in [1.165, 1.54) is 0 Å². The van der Waals surface area contributed by atoms with E-state index in [0.717, 1.165) is 11.1 Å². The summed E-state index contributed by atoms with van der Waals surface area (Å²) < 4.78 is 12.1. The highest BCUT2D eigenvalue weighted by molar-refractivity contribution is 5.69. The van der Waals surface area contributed by atoms with Crippen LogP contribution in [0.25, 0.3) is 0 Å². The van der Waals surface area contributed by atoms with Gasteiger partial charge in [-0.15, -0.1) is 0 Å². The molecular weight excluding hydrogens is 380 g/mol. The number of hydrogen-bond donors (Lipinski definition) is 2. The summed E-state index contributed by atoms with van der Waals surface area (Å²) in [5, 5.41) is 13.4. The zero-order valence-electron chi connectivity index (χ0n) is 17.5. The fourth-order valence-electron chi connectivity index (χ4n) is 4.57. The second kappa shape index (κ2) is 8.76. The van der Waals surface area contributed by atoms with Gasteiger partial charge in [-0.25, -0.2) is 4.79 Å². The molecule has 0 saturated carbocycles. The van der Waals surface area contributed by atoms with Gasteiger partial charge in [0.05, 0.1) is 18.2 Å². The van der Waals surface area contributed by atoms with Crippen LogP contribution in [-0.4, -0.2) is 52.7 Å². The number of aliphatic hydroxyl groups excluding tert-OH is 1. The summed E-state index contributed by atoms with van der Waals surface area (Å²) in [4.78, 5) is 14.9. The molecule has 0 spiro atoms. The van der Waals surface area contributed by atoms with Crippen molar-refractivity contribution >= 4 is 6.09 Å². The molecule has 2 aliphatic heterocycles. The van der Waals surface area contributed by atoms with Crippen molar-refractivity contribution < 1.29 is 19.4 Å². The second-order valence-corrected chi connectivity index (χ2v) is 8.60. The maximum atomic E-state index is 13.2. The largest absolute Gasteiger partial charge is 0.444 e. The van der Waals surface area contributed by atoms with Crippen molar-refractivity contribution in [3.8, 4) is 0 Å². The summed E-state index contributed by atoms with van der Waals surface area (Å²) in [6.45, 7) is 4.57. The Kier molecular flexibility index (Phi) is 6.09. The number of amides is 1. The highest BCUT2D eigenvalue weighted by atomic mass is 16.6. The molecule has 30 heavy (non-hydrogen) atoms. The number of ether oxygens (including phenoxy) is 2. The van der Waals surface area contributed by atoms with Crippen LogP contribution < -0.4 is 5.32 Å². The number of carbonyl (C=O) groups excluding carboxylic acids is 1. The Morgan fingerprint density at radius 3 is 2.37 bits per heavy atom. The van der Waals surface area contributed by atoms with Gasteiger partial charge in [0, 0.05) is 12.6 Å². The predicted octanol–water partition coefficient (Wildman–Crippen LogP) is 3.09. The van der Waals surface area contributed by atoms with Crippen molar-refractivity contribution in [1.82, 2.24) is 10.2 Å². The Bertz CT molecular complexity index is 843. The van der Waals surface area contributed by atoms with Crippen LogP contribution in [0.3, 0.4) is 0 Å². The average Bonchev–Trinajstić information content (AvgIpc) is 3.28. The summed E-state index contributed by atoms with van der Waals surface area (Å²) in [7, 11) is 0. The lowest BCUT2D eigenvalue weighted by Gasteiger charge is -2.33. The Morgan fingerprint density at radius 1 is 1.13 bits per heavy atom. The Hall–Kier alpha value is -2.41. The molecular formula is C24H30N2O4. The summed E-state index contributed by atoms with van der Waals surface area (Å²) in [5.74, 6) is 0. The average molecular weight is 411 g/mol. The molecule has 0 aromatic heterocycles. The fourth-order valence-corrected chi connectivity index (χ4v) is 4.57. The van der Waals surface area contributed by atoms with Crippen molar-refractivity contribution in [2.75, 3.05) is 6.54 Å². The number of carbonyl (C=O) groups is 1. The first kappa shape index (κ1) is 20.8. The Balaban J connectivity index is 1.56. The van der Waals surface area contributed by atoms with Gasteiger partial charge < -0.3 is 19.9 Å². The highest BCUT2D eigenvalue weighted by Gasteiger charge is 2.53. The molecule has 4 rings (SSSR count). The van der Waals surface area contributed by atoms with Crippen molar-refractivity contribution in [3.05, 3.63) is 71.8 Å². The molecule has 0 radical (unpaired) electrons. The molecule has 1 amide bonds. The number of benzene rings is 2. The minimum atomic E-state index is -0.812. The number of hydrogen-bond acceptors (Lipinski definition) is 5. The van der Waals surface area contributed by atoms with Gasteiger partial charge in [0.25, 0.3) is 0 Å². The van der Waals surface area contributed by atoms with Crippen LogP contribution in [0.5, 0.6) is 0 Å². The van der Waals surface area contributed by atoms with Crippen LogP contribution in [-0.2, 0) is 22.5 Å². The quantitative estimate of drug-likeness (QED) is 0.793. The number of aliphatic hydroxyl groups is 1. The van der Waals surface area contributed by atoms with E-state index < -0.39 is 11.8 Å². The van der Waals surface area contributed by atoms with Crippen LogP contribution in [0, 0.1) is 0 Å². The molecule has 2 aromatic carbocycles. The summed E-state index contributed by atoms with van der Waals surface area (Å²) in [5.41, 5.74) is 1.27. The van der Waals surface area contributed by atoms with Gasteiger partial charge in [-0.2, -0.15) is 0 Å². The van der Waals surface area contributed by atoms with Gasteiger partial charge in [-0.05, 0) is 37.8 Å². The van der Waals surface area contributed by atoms with Crippen LogP contribution in [0.15, 0.2) is 60.7 Å². The van der Waals surface area contributed by atoms with E-state index in [-0.39, 0.29) is 30.9 Å². The van der Waals surface area contributed by atoms with Gasteiger partial charge in [0.2, 0.25) is 0 Å². The number of β-amino-alcohol motifs (C(OH)–C–C–N with tert-alkyl or cyclic N) is 1. The summed E-state index contributed by atoms with van der Waals surface area (Å²) in [6, 6.07) is 19.6. The molecule has 0 bridgehead atoms. The molecule has 2 aliphatic rings. The van der Waals surface area contributed by atoms with E-state index in [2.05, 4.69) is 17.4 Å². The lowest BCUT2D eigenvalue weighted by Crippen LogP contribution is -2.51. The Labute approximate surface area is 177 Å². The normalized spacial score (nSPS) is 27.9. The van der Waals surface area contributed by atoms with E-state index in [4.69, 9.17) is 9.47 Å². The SMILES string of the molecule is CC1(C)O[C@H]([C@H]2C[C@@H](O)CN2)[C@H](Cc2ccccc2)N1C(=O)OCc1ccccc1. The summed E-state index contributed by atoms with van der Waals surface area (Å²) >= 11 is 0. The number of nitrogens with one attached hydrogen (secondary N) is 1. The first-order valence-corrected chi connectivity index (χ1v) is 10.6. The lowest BCUT2D eigenvalue weighted by molar-refractivity contribution is -0.0773. The van der Waals surface area contributed by atoms with Crippen molar-refractivity contribution in [1.29, 1.82) is 0 Å². The molecule has 2 N–H and O–H groups in total. The minimum absolute atomic E-state index is 0.0140. The fraction of sp³-hybridized carbons (Fsp3) is 0.458. The molecule has 2 saturated heterocycles. The van der Waals surface area contributed by atoms with Crippen LogP contribution in [0.4, 0.5) is 4.79 Å². The van der Waals surface area contributed by atoms with E-state index >= 15 is 0 Å². The molecule has 4 atom stereocenters. The maximum absolute atomic E-state index is 13.2. The molecule has 6 heteroatoms. The van der Waals surface area contributed by atoms with Crippen LogP contribution in [0.1, 0.15) is 31.4 Å². The zero-order chi connectivity index (χ0) is 21.1. The van der Waals surface area contributed by atoms with Gasteiger partial charge in [0.15, 0.2) is 0 Å². The van der Waals surface area contributed by atoms with E-state index in [0.29, 0.717) is 19.4 Å². The van der Waals surface area contributed by atoms with Crippen LogP contribution in [0.2, 0.25) is 0 Å². The van der Waals surface area contributed by atoms with Gasteiger partial charge in [0.1, 0.15) is 12.3 Å². The van der Waals surface area contributed by atoms with Crippen molar-refractivity contribution in [3.63, 3.8) is 0 Å². The third-order valence-corrected chi connectivity index (χ3v) is 5.94. The highest BCUT2D eigenvalue weighted by Crippen LogP contribution is 2.37. The first-order chi connectivity index (χ1) is 14.4. The third-order valence-electron chi connectivity index (χ3n) is 5.94. The van der Waals surface area contributed by atoms with Gasteiger partial charge >= 0.3 is 6.09 Å². The number of nitrogens with zero attached hydrogens (tertiary/aromatic N) is 1. The molecule has 0 aliphatic carbocycles. The molecule has 0 unspecified atom stereocenters. The monoisotopic (exact) mass is 410 g/mol. The third kappa shape index (κ3) is 4.51. The molecule has 2 fully saturated rings. The number of rotatable bonds is 5. The molecule has 160 valence electrons. The van der Waals surface area contributed by atoms with Crippen LogP contribution >= 0.6 is 0 Å². The van der Waals surface area contributed by atoms with Gasteiger partial charge in [-0.1, -0.05) is 60.7 Å². The predicted molar refractivity (Wildman–Crippen MR) is 114 cm³/mol. The molecule has 6 nitrogen and oxygen atoms in total. The first-order valence-electron chi connectivity index (χ1n) is 10.6. The summed E-state index contributed by atoms with van der Waals surface area (Å²) in [6.07, 6.45) is 0.258. The zero-order valence-corrected chi connectivity index (χ0v) is 17.5. The Morgan fingerprint density at radius 2 is 1.77 bits per heavy atom. The maximum Gasteiger partial charge on any atom is 0.412 e. The smallest absolute Gasteiger partial charge is 0.412 e. The second-order valence-electron chi connectivity index (χ2n) is 8.60. The topological polar surface area (TPSA) is 71.0 Å². The minimum Gasteiger partial charge on any atom is -0.444 e. The van der Waals surface area contributed by atoms with Gasteiger partial charge in [-0.3, -0.25) is 4.90 Å². The lowest BCUT2D eigenvalue weighted by atomic mass is 9.95. The van der Waals surface area contributed by atoms with E-state index in [9.17, 15) is 9.90 Å². The van der Waals surface area contributed by atoms with Crippen molar-refractivity contribution in [2.24, 2.45) is 0 Å². The molecule has 2 heterocycles. The van der Waals surface area contributed by atoms with Crippen molar-refractivity contribution in [2.45, 2.75) is 63.3 Å².